The lowest BCUT2D eigenvalue weighted by Gasteiger charge is -2.10. The van der Waals surface area contributed by atoms with Crippen LogP contribution in [0.1, 0.15) is 5.56 Å². The van der Waals surface area contributed by atoms with E-state index in [2.05, 4.69) is 20.0 Å². The van der Waals surface area contributed by atoms with Crippen LogP contribution in [0.4, 0.5) is 10.5 Å². The third-order valence-corrected chi connectivity index (χ3v) is 2.32. The van der Waals surface area contributed by atoms with Gasteiger partial charge >= 0.3 is 6.16 Å². The molecule has 0 bridgehead atoms. The highest BCUT2D eigenvalue weighted by Crippen LogP contribution is 2.21. The summed E-state index contributed by atoms with van der Waals surface area (Å²) in [4.78, 5) is 19.1. The number of anilines is 1. The molecule has 6 nitrogen and oxygen atoms in total. The molecule has 2 aromatic rings. The van der Waals surface area contributed by atoms with Gasteiger partial charge in [-0.05, 0) is 23.8 Å². The van der Waals surface area contributed by atoms with Gasteiger partial charge < -0.3 is 14.8 Å². The number of hydrogen-bond acceptors (Lipinski definition) is 6. The lowest BCUT2D eigenvalue weighted by molar-refractivity contribution is 0.120. The van der Waals surface area contributed by atoms with E-state index in [1.165, 1.54) is 13.3 Å². The molecular formula is C13H13N3O3. The molecule has 0 radical (unpaired) electrons. The van der Waals surface area contributed by atoms with Gasteiger partial charge in [0.05, 0.1) is 12.8 Å². The highest BCUT2D eigenvalue weighted by atomic mass is 16.7. The number of methoxy groups -OCH3 is 1. The number of nitrogens with zero attached hydrogens (tertiary/aromatic N) is 2. The molecule has 0 aliphatic carbocycles. The molecule has 1 N–H and O–H groups in total. The fourth-order valence-corrected chi connectivity index (χ4v) is 1.43. The summed E-state index contributed by atoms with van der Waals surface area (Å²) < 4.78 is 9.37. The van der Waals surface area contributed by atoms with Gasteiger partial charge in [0.15, 0.2) is 0 Å². The average Bonchev–Trinajstić information content (AvgIpc) is 2.47. The maximum Gasteiger partial charge on any atom is 0.514 e. The molecule has 0 aliphatic heterocycles. The van der Waals surface area contributed by atoms with Crippen LogP contribution in [0, 0.1) is 0 Å². The largest absolute Gasteiger partial charge is 0.514 e. The second kappa shape index (κ2) is 6.34. The molecule has 2 rings (SSSR count). The Balaban J connectivity index is 2.05. The second-order valence-electron chi connectivity index (χ2n) is 3.63. The third kappa shape index (κ3) is 3.67. The molecule has 0 fully saturated rings. The first-order chi connectivity index (χ1) is 9.29. The van der Waals surface area contributed by atoms with Gasteiger partial charge in [-0.2, -0.15) is 0 Å². The Morgan fingerprint density at radius 2 is 2.16 bits per heavy atom. The number of hydrogen-bond donors (Lipinski definition) is 1. The summed E-state index contributed by atoms with van der Waals surface area (Å²) in [5, 5.41) is 3.12. The minimum absolute atomic E-state index is 0.179. The van der Waals surface area contributed by atoms with Crippen molar-refractivity contribution in [1.29, 1.82) is 0 Å². The van der Waals surface area contributed by atoms with E-state index in [1.54, 1.807) is 24.5 Å². The molecule has 0 saturated carbocycles. The first kappa shape index (κ1) is 12.8. The molecule has 0 saturated heterocycles. The standard InChI is InChI=1S/C13H13N3O3/c1-18-13(17)19-12-11(5-3-7-15-12)16-9-10-4-2-6-14-8-10/h2-8,16H,9H2,1H3. The van der Waals surface area contributed by atoms with Crippen molar-refractivity contribution >= 4 is 11.8 Å². The van der Waals surface area contributed by atoms with Crippen molar-refractivity contribution in [2.45, 2.75) is 6.54 Å². The maximum atomic E-state index is 11.1. The van der Waals surface area contributed by atoms with Gasteiger partial charge in [-0.25, -0.2) is 9.78 Å². The predicted octanol–water partition coefficient (Wildman–Crippen LogP) is 2.23. The van der Waals surface area contributed by atoms with Gasteiger partial charge in [0.1, 0.15) is 0 Å². The summed E-state index contributed by atoms with van der Waals surface area (Å²) in [5.41, 5.74) is 1.62. The van der Waals surface area contributed by atoms with Crippen molar-refractivity contribution in [3.63, 3.8) is 0 Å². The van der Waals surface area contributed by atoms with E-state index in [0.29, 0.717) is 12.2 Å². The molecule has 0 aromatic carbocycles. The predicted molar refractivity (Wildman–Crippen MR) is 68.8 cm³/mol. The Morgan fingerprint density at radius 3 is 2.89 bits per heavy atom. The van der Waals surface area contributed by atoms with Crippen LogP contribution in [0.5, 0.6) is 5.88 Å². The van der Waals surface area contributed by atoms with Crippen molar-refractivity contribution in [2.75, 3.05) is 12.4 Å². The van der Waals surface area contributed by atoms with Crippen molar-refractivity contribution in [3.8, 4) is 5.88 Å². The van der Waals surface area contributed by atoms with Crippen molar-refractivity contribution in [2.24, 2.45) is 0 Å². The van der Waals surface area contributed by atoms with Crippen LogP contribution in [-0.2, 0) is 11.3 Å². The molecule has 2 aromatic heterocycles. The molecule has 0 unspecified atom stereocenters. The highest BCUT2D eigenvalue weighted by Gasteiger charge is 2.09. The number of carbonyl (C=O) groups excluding carboxylic acids is 1. The van der Waals surface area contributed by atoms with Gasteiger partial charge in [-0.1, -0.05) is 6.07 Å². The van der Waals surface area contributed by atoms with Crippen LogP contribution < -0.4 is 10.1 Å². The summed E-state index contributed by atoms with van der Waals surface area (Å²) in [5.74, 6) is 0.179. The van der Waals surface area contributed by atoms with Crippen LogP contribution >= 0.6 is 0 Å². The quantitative estimate of drug-likeness (QED) is 0.849. The van der Waals surface area contributed by atoms with Gasteiger partial charge in [0.25, 0.3) is 0 Å². The number of nitrogens with one attached hydrogen (secondary N) is 1. The van der Waals surface area contributed by atoms with E-state index < -0.39 is 6.16 Å². The smallest absolute Gasteiger partial charge is 0.437 e. The van der Waals surface area contributed by atoms with E-state index in [-0.39, 0.29) is 5.88 Å². The van der Waals surface area contributed by atoms with E-state index in [0.717, 1.165) is 5.56 Å². The maximum absolute atomic E-state index is 11.1. The van der Waals surface area contributed by atoms with E-state index in [9.17, 15) is 4.79 Å². The van der Waals surface area contributed by atoms with Crippen molar-refractivity contribution in [1.82, 2.24) is 9.97 Å². The lowest BCUT2D eigenvalue weighted by atomic mass is 10.3. The topological polar surface area (TPSA) is 73.3 Å². The van der Waals surface area contributed by atoms with E-state index in [1.807, 2.05) is 12.1 Å². The van der Waals surface area contributed by atoms with Gasteiger partial charge in [-0.3, -0.25) is 4.98 Å². The number of ether oxygens (including phenoxy) is 2. The fourth-order valence-electron chi connectivity index (χ4n) is 1.43. The Labute approximate surface area is 110 Å². The van der Waals surface area contributed by atoms with Gasteiger partial charge in [-0.15, -0.1) is 0 Å². The summed E-state index contributed by atoms with van der Waals surface area (Å²) in [6, 6.07) is 7.31. The monoisotopic (exact) mass is 259 g/mol. The van der Waals surface area contributed by atoms with Crippen molar-refractivity contribution < 1.29 is 14.3 Å². The Kier molecular flexibility index (Phi) is 4.28. The minimum atomic E-state index is -0.803. The zero-order valence-electron chi connectivity index (χ0n) is 10.4. The Hall–Kier alpha value is -2.63. The van der Waals surface area contributed by atoms with Crippen molar-refractivity contribution in [3.05, 3.63) is 48.4 Å². The van der Waals surface area contributed by atoms with Crippen LogP contribution in [0.3, 0.4) is 0 Å². The first-order valence-corrected chi connectivity index (χ1v) is 5.63. The fraction of sp³-hybridized carbons (Fsp3) is 0.154. The molecule has 6 heteroatoms. The summed E-state index contributed by atoms with van der Waals surface area (Å²) in [7, 11) is 1.24. The van der Waals surface area contributed by atoms with Crippen LogP contribution in [-0.4, -0.2) is 23.2 Å². The molecule has 98 valence electrons. The molecule has 0 spiro atoms. The molecule has 0 amide bonds. The second-order valence-corrected chi connectivity index (χ2v) is 3.63. The van der Waals surface area contributed by atoms with E-state index in [4.69, 9.17) is 4.74 Å². The van der Waals surface area contributed by atoms with Crippen LogP contribution in [0.2, 0.25) is 0 Å². The molecular weight excluding hydrogens is 246 g/mol. The lowest BCUT2D eigenvalue weighted by Crippen LogP contribution is -2.11. The van der Waals surface area contributed by atoms with Crippen LogP contribution in [0.25, 0.3) is 0 Å². The zero-order valence-corrected chi connectivity index (χ0v) is 10.4. The summed E-state index contributed by atoms with van der Waals surface area (Å²) in [6.07, 6.45) is 4.19. The number of pyridine rings is 2. The Morgan fingerprint density at radius 1 is 1.32 bits per heavy atom. The summed E-state index contributed by atoms with van der Waals surface area (Å²) >= 11 is 0. The zero-order chi connectivity index (χ0) is 13.5. The number of aromatic nitrogens is 2. The van der Waals surface area contributed by atoms with E-state index >= 15 is 0 Å². The number of carbonyl (C=O) groups is 1. The SMILES string of the molecule is COC(=O)Oc1ncccc1NCc1cccnc1. The minimum Gasteiger partial charge on any atom is -0.437 e. The third-order valence-electron chi connectivity index (χ3n) is 2.32. The molecule has 0 atom stereocenters. The van der Waals surface area contributed by atoms with Gasteiger partial charge in [0, 0.05) is 25.1 Å². The average molecular weight is 259 g/mol. The normalized spacial score (nSPS) is 9.74. The summed E-state index contributed by atoms with van der Waals surface area (Å²) in [6.45, 7) is 0.553. The number of rotatable bonds is 4. The van der Waals surface area contributed by atoms with Gasteiger partial charge in [0.2, 0.25) is 5.88 Å². The molecule has 19 heavy (non-hydrogen) atoms. The molecule has 2 heterocycles. The Bertz CT molecular complexity index is 546. The molecule has 0 aliphatic rings. The first-order valence-electron chi connectivity index (χ1n) is 5.63. The van der Waals surface area contributed by atoms with Crippen LogP contribution in [0.15, 0.2) is 42.9 Å². The highest BCUT2D eigenvalue weighted by molar-refractivity contribution is 5.66.